The average Bonchev–Trinajstić information content (AvgIpc) is 3.04. The highest BCUT2D eigenvalue weighted by Crippen LogP contribution is 2.23. The molecule has 1 aromatic carbocycles. The van der Waals surface area contributed by atoms with Crippen molar-refractivity contribution in [1.82, 2.24) is 9.97 Å². The minimum absolute atomic E-state index is 0.168. The van der Waals surface area contributed by atoms with Gasteiger partial charge in [0.25, 0.3) is 5.56 Å². The average molecular weight is 361 g/mol. The molecule has 0 aliphatic rings. The number of benzene rings is 1. The number of hydrogen-bond acceptors (Lipinski definition) is 6. The van der Waals surface area contributed by atoms with Crippen LogP contribution in [-0.2, 0) is 4.79 Å². The van der Waals surface area contributed by atoms with Crippen LogP contribution in [0.15, 0.2) is 45.7 Å². The van der Waals surface area contributed by atoms with Crippen LogP contribution >= 0.6 is 23.1 Å². The number of rotatable bonds is 5. The summed E-state index contributed by atoms with van der Waals surface area (Å²) in [6.07, 6.45) is 0. The maximum atomic E-state index is 12.3. The van der Waals surface area contributed by atoms with Crippen molar-refractivity contribution in [3.63, 3.8) is 0 Å². The van der Waals surface area contributed by atoms with Crippen molar-refractivity contribution in [3.8, 4) is 5.75 Å². The molecule has 3 rings (SSSR count). The molecule has 24 heavy (non-hydrogen) atoms. The molecule has 1 atom stereocenters. The molecule has 0 aliphatic heterocycles. The standard InChI is InChI=1S/C16H15N3O3S2/c1-9(13(20)17-10-3-5-11(22-2)6-4-10)24-16-18-14(21)12-7-8-23-15(12)19-16/h3-9H,1-2H3,(H,17,20)(H,18,19,21)/t9-/m0/s1. The lowest BCUT2D eigenvalue weighted by atomic mass is 10.3. The van der Waals surface area contributed by atoms with Crippen LogP contribution < -0.4 is 15.6 Å². The van der Waals surface area contributed by atoms with Gasteiger partial charge in [-0.2, -0.15) is 0 Å². The summed E-state index contributed by atoms with van der Waals surface area (Å²) in [6, 6.07) is 8.83. The first kappa shape index (κ1) is 16.5. The third kappa shape index (κ3) is 3.60. The fourth-order valence-corrected chi connectivity index (χ4v) is 3.66. The molecule has 0 aliphatic carbocycles. The van der Waals surface area contributed by atoms with Gasteiger partial charge in [-0.05, 0) is 42.6 Å². The van der Waals surface area contributed by atoms with E-state index in [-0.39, 0.29) is 11.5 Å². The van der Waals surface area contributed by atoms with Crippen molar-refractivity contribution in [2.45, 2.75) is 17.3 Å². The highest BCUT2D eigenvalue weighted by atomic mass is 32.2. The van der Waals surface area contributed by atoms with Crippen LogP contribution in [0.4, 0.5) is 5.69 Å². The first-order valence-electron chi connectivity index (χ1n) is 7.16. The zero-order chi connectivity index (χ0) is 17.1. The van der Waals surface area contributed by atoms with Crippen LogP contribution in [0.5, 0.6) is 5.75 Å². The number of H-pyrrole nitrogens is 1. The van der Waals surface area contributed by atoms with Gasteiger partial charge in [-0.15, -0.1) is 11.3 Å². The largest absolute Gasteiger partial charge is 0.497 e. The van der Waals surface area contributed by atoms with Crippen molar-refractivity contribution in [2.75, 3.05) is 12.4 Å². The van der Waals surface area contributed by atoms with E-state index in [0.29, 0.717) is 21.1 Å². The molecule has 2 N–H and O–H groups in total. The SMILES string of the molecule is COc1ccc(NC(=O)[C@H](C)Sc2nc3sccc3c(=O)[nH]2)cc1. The van der Waals surface area contributed by atoms with Crippen molar-refractivity contribution < 1.29 is 9.53 Å². The molecule has 2 heterocycles. The van der Waals surface area contributed by atoms with Crippen molar-refractivity contribution in [2.24, 2.45) is 0 Å². The van der Waals surface area contributed by atoms with E-state index in [2.05, 4.69) is 15.3 Å². The van der Waals surface area contributed by atoms with E-state index in [4.69, 9.17) is 4.74 Å². The van der Waals surface area contributed by atoms with Gasteiger partial charge in [0.1, 0.15) is 10.6 Å². The number of ether oxygens (including phenoxy) is 1. The van der Waals surface area contributed by atoms with E-state index < -0.39 is 5.25 Å². The second-order valence-corrected chi connectivity index (χ2v) is 7.21. The maximum Gasteiger partial charge on any atom is 0.260 e. The number of aromatic nitrogens is 2. The predicted molar refractivity (Wildman–Crippen MR) is 97.2 cm³/mol. The summed E-state index contributed by atoms with van der Waals surface area (Å²) in [6.45, 7) is 1.77. The van der Waals surface area contributed by atoms with Gasteiger partial charge >= 0.3 is 0 Å². The lowest BCUT2D eigenvalue weighted by Gasteiger charge is -2.11. The zero-order valence-corrected chi connectivity index (χ0v) is 14.7. The first-order chi connectivity index (χ1) is 11.6. The van der Waals surface area contributed by atoms with E-state index in [1.54, 1.807) is 44.4 Å². The Balaban J connectivity index is 1.69. The minimum atomic E-state index is -0.410. The minimum Gasteiger partial charge on any atom is -0.497 e. The molecule has 0 bridgehead atoms. The third-order valence-corrected chi connectivity index (χ3v) is 5.12. The van der Waals surface area contributed by atoms with Gasteiger partial charge in [0.05, 0.1) is 17.7 Å². The summed E-state index contributed by atoms with van der Waals surface area (Å²) >= 11 is 2.61. The maximum absolute atomic E-state index is 12.3. The van der Waals surface area contributed by atoms with Gasteiger partial charge in [0.15, 0.2) is 5.16 Å². The van der Waals surface area contributed by atoms with Crippen molar-refractivity contribution in [3.05, 3.63) is 46.1 Å². The number of fused-ring (bicyclic) bond motifs is 1. The molecule has 6 nitrogen and oxygen atoms in total. The lowest BCUT2D eigenvalue weighted by Crippen LogP contribution is -2.23. The van der Waals surface area contributed by atoms with Crippen LogP contribution in [0.3, 0.4) is 0 Å². The molecule has 124 valence electrons. The van der Waals surface area contributed by atoms with E-state index in [9.17, 15) is 9.59 Å². The van der Waals surface area contributed by atoms with Crippen LogP contribution in [0.1, 0.15) is 6.92 Å². The summed E-state index contributed by atoms with van der Waals surface area (Å²) in [5, 5.41) is 5.25. The monoisotopic (exact) mass is 361 g/mol. The number of nitrogens with one attached hydrogen (secondary N) is 2. The first-order valence-corrected chi connectivity index (χ1v) is 8.92. The highest BCUT2D eigenvalue weighted by molar-refractivity contribution is 8.00. The fraction of sp³-hybridized carbons (Fsp3) is 0.188. The van der Waals surface area contributed by atoms with E-state index in [1.165, 1.54) is 23.1 Å². The number of carbonyl (C=O) groups excluding carboxylic acids is 1. The number of methoxy groups -OCH3 is 1. The molecule has 2 aromatic heterocycles. The lowest BCUT2D eigenvalue weighted by molar-refractivity contribution is -0.115. The number of thiophene rings is 1. The molecule has 0 saturated heterocycles. The number of hydrogen-bond donors (Lipinski definition) is 2. The quantitative estimate of drug-likeness (QED) is 0.539. The summed E-state index contributed by atoms with van der Waals surface area (Å²) < 4.78 is 5.08. The van der Waals surface area contributed by atoms with Crippen molar-refractivity contribution >= 4 is 44.9 Å². The normalized spacial score (nSPS) is 12.1. The number of thioether (sulfide) groups is 1. The third-order valence-electron chi connectivity index (χ3n) is 3.33. The molecule has 0 saturated carbocycles. The molecule has 0 unspecified atom stereocenters. The molecular formula is C16H15N3O3S2. The van der Waals surface area contributed by atoms with Crippen LogP contribution in [0, 0.1) is 0 Å². The Hall–Kier alpha value is -2.32. The van der Waals surface area contributed by atoms with Gasteiger partial charge in [-0.25, -0.2) is 4.98 Å². The Morgan fingerprint density at radius 3 is 2.79 bits per heavy atom. The summed E-state index contributed by atoms with van der Waals surface area (Å²) in [5.74, 6) is 0.556. The summed E-state index contributed by atoms with van der Waals surface area (Å²) in [4.78, 5) is 32.0. The molecule has 0 spiro atoms. The van der Waals surface area contributed by atoms with Gasteiger partial charge in [0.2, 0.25) is 5.91 Å². The number of aromatic amines is 1. The number of carbonyl (C=O) groups is 1. The van der Waals surface area contributed by atoms with Crippen LogP contribution in [-0.4, -0.2) is 28.2 Å². The van der Waals surface area contributed by atoms with E-state index in [1.807, 2.05) is 5.38 Å². The number of anilines is 1. The fourth-order valence-electron chi connectivity index (χ4n) is 2.04. The molecule has 8 heteroatoms. The number of amides is 1. The van der Waals surface area contributed by atoms with Crippen LogP contribution in [0.2, 0.25) is 0 Å². The van der Waals surface area contributed by atoms with Gasteiger partial charge in [0, 0.05) is 5.69 Å². The van der Waals surface area contributed by atoms with Gasteiger partial charge in [-0.1, -0.05) is 11.8 Å². The Morgan fingerprint density at radius 2 is 2.08 bits per heavy atom. The second-order valence-electron chi connectivity index (χ2n) is 4.99. The zero-order valence-electron chi connectivity index (χ0n) is 13.0. The Morgan fingerprint density at radius 1 is 1.33 bits per heavy atom. The van der Waals surface area contributed by atoms with Crippen LogP contribution in [0.25, 0.3) is 10.2 Å². The van der Waals surface area contributed by atoms with Gasteiger partial charge < -0.3 is 15.0 Å². The van der Waals surface area contributed by atoms with E-state index >= 15 is 0 Å². The molecule has 0 radical (unpaired) electrons. The molecule has 1 amide bonds. The number of nitrogens with zero attached hydrogens (tertiary/aromatic N) is 1. The smallest absolute Gasteiger partial charge is 0.260 e. The molecule has 3 aromatic rings. The second kappa shape index (κ2) is 7.06. The topological polar surface area (TPSA) is 84.1 Å². The Labute approximate surface area is 146 Å². The molecule has 0 fully saturated rings. The Kier molecular flexibility index (Phi) is 4.86. The van der Waals surface area contributed by atoms with Crippen molar-refractivity contribution in [1.29, 1.82) is 0 Å². The highest BCUT2D eigenvalue weighted by Gasteiger charge is 2.17. The molecular weight excluding hydrogens is 346 g/mol. The predicted octanol–water partition coefficient (Wildman–Crippen LogP) is 3.11. The summed E-state index contributed by atoms with van der Waals surface area (Å²) in [5.41, 5.74) is 0.495. The van der Waals surface area contributed by atoms with E-state index in [0.717, 1.165) is 5.75 Å². The Bertz CT molecular complexity index is 918. The van der Waals surface area contributed by atoms with Gasteiger partial charge in [-0.3, -0.25) is 9.59 Å². The summed E-state index contributed by atoms with van der Waals surface area (Å²) in [7, 11) is 1.59.